The van der Waals surface area contributed by atoms with Crippen molar-refractivity contribution in [3.05, 3.63) is 51.1 Å². The number of fused-ring (bicyclic) bond motifs is 2. The van der Waals surface area contributed by atoms with Crippen molar-refractivity contribution in [1.29, 1.82) is 0 Å². The Balaban J connectivity index is 1.99. The van der Waals surface area contributed by atoms with Crippen LogP contribution in [0.25, 0.3) is 0 Å². The molecule has 1 saturated heterocycles. The van der Waals surface area contributed by atoms with E-state index in [0.29, 0.717) is 17.8 Å². The Morgan fingerprint density at radius 2 is 1.93 bits per heavy atom. The quantitative estimate of drug-likeness (QED) is 0.733. The Labute approximate surface area is 162 Å². The third-order valence-corrected chi connectivity index (χ3v) is 5.44. The van der Waals surface area contributed by atoms with Crippen LogP contribution in [-0.2, 0) is 22.8 Å². The number of H-pyrrole nitrogens is 1. The van der Waals surface area contributed by atoms with Crippen LogP contribution in [0, 0.1) is 11.7 Å². The van der Waals surface area contributed by atoms with E-state index in [2.05, 4.69) is 10.1 Å². The number of aliphatic imine (C=N–C) groups is 1. The van der Waals surface area contributed by atoms with Crippen LogP contribution in [0.5, 0.6) is 0 Å². The standard InChI is InChI=1S/C19H17F4N3O3/c1-18(2)15(27)13-11(7-29-18)24-16-14(17(28)25-26(16)3)12(13)8-4-5-10(20)9(6-8)19(21,22)23/h4-6,12-13H,7H2,1-3H3,(H,25,28). The maximum atomic E-state index is 13.8. The van der Waals surface area contributed by atoms with Crippen LogP contribution in [0.4, 0.5) is 23.4 Å². The van der Waals surface area contributed by atoms with E-state index in [-0.39, 0.29) is 23.6 Å². The first-order valence-electron chi connectivity index (χ1n) is 8.83. The lowest BCUT2D eigenvalue weighted by atomic mass is 9.70. The Morgan fingerprint density at radius 3 is 2.59 bits per heavy atom. The number of ether oxygens (including phenoxy) is 1. The normalized spacial score (nSPS) is 23.4. The number of aromatic amines is 1. The second kappa shape index (κ2) is 6.12. The van der Waals surface area contributed by atoms with Gasteiger partial charge in [0.2, 0.25) is 0 Å². The monoisotopic (exact) mass is 411 g/mol. The van der Waals surface area contributed by atoms with Crippen LogP contribution in [0.15, 0.2) is 28.0 Å². The molecular formula is C19H17F4N3O3. The number of rotatable bonds is 1. The van der Waals surface area contributed by atoms with Crippen molar-refractivity contribution < 1.29 is 27.1 Å². The average molecular weight is 411 g/mol. The summed E-state index contributed by atoms with van der Waals surface area (Å²) in [5.74, 6) is -3.65. The van der Waals surface area contributed by atoms with Gasteiger partial charge in [-0.15, -0.1) is 0 Å². The summed E-state index contributed by atoms with van der Waals surface area (Å²) in [6.07, 6.45) is -4.92. The fourth-order valence-electron chi connectivity index (χ4n) is 3.97. The van der Waals surface area contributed by atoms with Gasteiger partial charge in [-0.25, -0.2) is 9.38 Å². The highest BCUT2D eigenvalue weighted by molar-refractivity contribution is 6.13. The van der Waals surface area contributed by atoms with Gasteiger partial charge in [-0.3, -0.25) is 19.4 Å². The van der Waals surface area contributed by atoms with Gasteiger partial charge in [0.05, 0.1) is 29.4 Å². The van der Waals surface area contributed by atoms with E-state index in [1.54, 1.807) is 13.8 Å². The van der Waals surface area contributed by atoms with Crippen molar-refractivity contribution in [1.82, 2.24) is 9.78 Å². The number of hydrogen-bond donors (Lipinski definition) is 1. The van der Waals surface area contributed by atoms with E-state index >= 15 is 0 Å². The zero-order valence-electron chi connectivity index (χ0n) is 15.7. The predicted molar refractivity (Wildman–Crippen MR) is 94.9 cm³/mol. The van der Waals surface area contributed by atoms with Gasteiger partial charge in [-0.05, 0) is 31.5 Å². The van der Waals surface area contributed by atoms with Crippen LogP contribution >= 0.6 is 0 Å². The Morgan fingerprint density at radius 1 is 1.24 bits per heavy atom. The summed E-state index contributed by atoms with van der Waals surface area (Å²) in [6, 6.07) is 2.54. The first-order chi connectivity index (χ1) is 13.4. The molecule has 1 N–H and O–H groups in total. The molecule has 4 rings (SSSR count). The summed E-state index contributed by atoms with van der Waals surface area (Å²) in [7, 11) is 1.53. The fourth-order valence-corrected chi connectivity index (χ4v) is 3.97. The first kappa shape index (κ1) is 19.6. The first-order valence-corrected chi connectivity index (χ1v) is 8.83. The summed E-state index contributed by atoms with van der Waals surface area (Å²) in [4.78, 5) is 30.1. The SMILES string of the molecule is Cn1[nH]c(=O)c2c1N=C1COC(C)(C)C(=O)C1C2c1ccc(F)c(C(F)(F)F)c1. The maximum absolute atomic E-state index is 13.8. The largest absolute Gasteiger partial charge is 0.419 e. The molecule has 0 saturated carbocycles. The van der Waals surface area contributed by atoms with E-state index in [9.17, 15) is 27.2 Å². The minimum atomic E-state index is -4.92. The third-order valence-electron chi connectivity index (χ3n) is 5.44. The van der Waals surface area contributed by atoms with Crippen LogP contribution in [-0.4, -0.2) is 33.5 Å². The molecule has 1 aromatic heterocycles. The molecule has 1 fully saturated rings. The van der Waals surface area contributed by atoms with Gasteiger partial charge in [0.25, 0.3) is 5.56 Å². The second-order valence-corrected chi connectivity index (χ2v) is 7.70. The van der Waals surface area contributed by atoms with E-state index in [0.717, 1.165) is 0 Å². The summed E-state index contributed by atoms with van der Waals surface area (Å²) in [6.45, 7) is 3.10. The summed E-state index contributed by atoms with van der Waals surface area (Å²) in [5.41, 5.74) is -2.81. The molecule has 2 unspecified atom stereocenters. The van der Waals surface area contributed by atoms with Crippen LogP contribution < -0.4 is 5.56 Å². The van der Waals surface area contributed by atoms with Crippen molar-refractivity contribution in [2.24, 2.45) is 18.0 Å². The van der Waals surface area contributed by atoms with Crippen LogP contribution in [0.1, 0.15) is 36.5 Å². The molecule has 154 valence electrons. The molecule has 10 heteroatoms. The van der Waals surface area contributed by atoms with Crippen molar-refractivity contribution in [2.45, 2.75) is 31.5 Å². The molecule has 0 bridgehead atoms. The number of benzene rings is 1. The van der Waals surface area contributed by atoms with E-state index in [1.165, 1.54) is 17.8 Å². The molecule has 0 aliphatic carbocycles. The van der Waals surface area contributed by atoms with Gasteiger partial charge < -0.3 is 4.74 Å². The van der Waals surface area contributed by atoms with Gasteiger partial charge in [0.1, 0.15) is 11.4 Å². The lowest BCUT2D eigenvalue weighted by Gasteiger charge is -2.40. The van der Waals surface area contributed by atoms with Crippen LogP contribution in [0.3, 0.4) is 0 Å². The summed E-state index contributed by atoms with van der Waals surface area (Å²) >= 11 is 0. The van der Waals surface area contributed by atoms with Crippen molar-refractivity contribution >= 4 is 17.3 Å². The molecule has 2 aromatic rings. The number of nitrogens with zero attached hydrogens (tertiary/aromatic N) is 2. The van der Waals surface area contributed by atoms with Gasteiger partial charge in [0, 0.05) is 13.0 Å². The van der Waals surface area contributed by atoms with E-state index < -0.39 is 46.3 Å². The number of hydrogen-bond acceptors (Lipinski definition) is 4. The highest BCUT2D eigenvalue weighted by Gasteiger charge is 2.50. The lowest BCUT2D eigenvalue weighted by Crippen LogP contribution is -2.53. The molecule has 6 nitrogen and oxygen atoms in total. The molecule has 0 amide bonds. The number of aromatic nitrogens is 2. The number of halogens is 4. The molecule has 0 spiro atoms. The van der Waals surface area contributed by atoms with Crippen molar-refractivity contribution in [2.75, 3.05) is 6.61 Å². The maximum Gasteiger partial charge on any atom is 0.419 e. The average Bonchev–Trinajstić information content (AvgIpc) is 2.90. The van der Waals surface area contributed by atoms with Gasteiger partial charge in [0.15, 0.2) is 11.6 Å². The Kier molecular flexibility index (Phi) is 4.13. The molecule has 1 aromatic carbocycles. The number of aryl methyl sites for hydroxylation is 1. The Hall–Kier alpha value is -2.75. The molecule has 2 aliphatic heterocycles. The second-order valence-electron chi connectivity index (χ2n) is 7.70. The smallest absolute Gasteiger partial charge is 0.362 e. The van der Waals surface area contributed by atoms with E-state index in [1.807, 2.05) is 0 Å². The highest BCUT2D eigenvalue weighted by Crippen LogP contribution is 2.45. The molecular weight excluding hydrogens is 394 g/mol. The zero-order valence-corrected chi connectivity index (χ0v) is 15.7. The molecule has 0 radical (unpaired) electrons. The number of ketones is 1. The minimum Gasteiger partial charge on any atom is -0.362 e. The third kappa shape index (κ3) is 2.93. The van der Waals surface area contributed by atoms with Gasteiger partial charge in [-0.1, -0.05) is 6.07 Å². The fraction of sp³-hybridized carbons (Fsp3) is 0.421. The number of carbonyl (C=O) groups excluding carboxylic acids is 1. The predicted octanol–water partition coefficient (Wildman–Crippen LogP) is 3.08. The zero-order chi connectivity index (χ0) is 21.3. The summed E-state index contributed by atoms with van der Waals surface area (Å²) in [5, 5.41) is 2.52. The number of carbonyl (C=O) groups is 1. The number of alkyl halides is 3. The minimum absolute atomic E-state index is 0.00790. The topological polar surface area (TPSA) is 76.4 Å². The lowest BCUT2D eigenvalue weighted by molar-refractivity contribution is -0.144. The van der Waals surface area contributed by atoms with Gasteiger partial charge >= 0.3 is 6.18 Å². The number of nitrogens with one attached hydrogen (secondary N) is 1. The highest BCUT2D eigenvalue weighted by atomic mass is 19.4. The van der Waals surface area contributed by atoms with Crippen molar-refractivity contribution in [3.8, 4) is 0 Å². The molecule has 3 heterocycles. The molecule has 2 atom stereocenters. The molecule has 2 aliphatic rings. The van der Waals surface area contributed by atoms with E-state index in [4.69, 9.17) is 4.74 Å². The van der Waals surface area contributed by atoms with Gasteiger partial charge in [-0.2, -0.15) is 13.2 Å². The number of Topliss-reactive ketones (excluding diaryl/α,β-unsaturated/α-hetero) is 1. The van der Waals surface area contributed by atoms with Crippen molar-refractivity contribution in [3.63, 3.8) is 0 Å². The van der Waals surface area contributed by atoms with Crippen LogP contribution in [0.2, 0.25) is 0 Å². The molecule has 29 heavy (non-hydrogen) atoms. The Bertz CT molecular complexity index is 1110. The summed E-state index contributed by atoms with van der Waals surface area (Å²) < 4.78 is 60.6.